The van der Waals surface area contributed by atoms with E-state index in [1.54, 1.807) is 7.11 Å². The molecule has 0 bridgehead atoms. The molecule has 0 saturated carbocycles. The first kappa shape index (κ1) is 23.5. The van der Waals surface area contributed by atoms with E-state index < -0.39 is 0 Å². The summed E-state index contributed by atoms with van der Waals surface area (Å²) >= 11 is 0. The monoisotopic (exact) mass is 508 g/mol. The second-order valence-corrected chi connectivity index (χ2v) is 7.97. The molecule has 1 saturated heterocycles. The van der Waals surface area contributed by atoms with Gasteiger partial charge in [0, 0.05) is 31.4 Å². The molecule has 2 aromatic carbocycles. The van der Waals surface area contributed by atoms with Crippen LogP contribution in [0.5, 0.6) is 5.75 Å². The molecule has 2 aromatic rings. The summed E-state index contributed by atoms with van der Waals surface area (Å²) in [5, 5.41) is 3.14. The average Bonchev–Trinajstić information content (AvgIpc) is 2.66. The molecule has 2 atom stereocenters. The van der Waals surface area contributed by atoms with E-state index in [0.717, 1.165) is 29.8 Å². The number of aliphatic imine (C=N–C) groups is 1. The molecule has 1 fully saturated rings. The number of nitrogens with one attached hydrogen (secondary N) is 1. The molecule has 0 aromatic heterocycles. The van der Waals surface area contributed by atoms with E-state index in [1.807, 2.05) is 24.3 Å². The van der Waals surface area contributed by atoms with Gasteiger partial charge in [0.05, 0.1) is 13.7 Å². The van der Waals surface area contributed by atoms with Crippen LogP contribution in [0.4, 0.5) is 5.69 Å². The van der Waals surface area contributed by atoms with Crippen molar-refractivity contribution in [1.82, 2.24) is 4.90 Å². The van der Waals surface area contributed by atoms with Gasteiger partial charge in [-0.2, -0.15) is 0 Å². The van der Waals surface area contributed by atoms with Gasteiger partial charge in [0.1, 0.15) is 5.75 Å². The van der Waals surface area contributed by atoms with Crippen LogP contribution >= 0.6 is 24.0 Å². The van der Waals surface area contributed by atoms with Crippen LogP contribution in [0.1, 0.15) is 31.4 Å². The minimum Gasteiger partial charge on any atom is -0.497 e. The molecule has 2 unspecified atom stereocenters. The minimum absolute atomic E-state index is 0. The topological polar surface area (TPSA) is 62.9 Å². The zero-order chi connectivity index (χ0) is 19.9. The summed E-state index contributed by atoms with van der Waals surface area (Å²) in [6.07, 6.45) is 1.33. The number of methoxy groups -OCH3 is 1. The molecule has 3 N–H and O–H groups in total. The third-order valence-corrected chi connectivity index (χ3v) is 5.22. The van der Waals surface area contributed by atoms with E-state index in [4.69, 9.17) is 10.5 Å². The summed E-state index contributed by atoms with van der Waals surface area (Å²) in [4.78, 5) is 7.12. The summed E-state index contributed by atoms with van der Waals surface area (Å²) in [7, 11) is 1.65. The van der Waals surface area contributed by atoms with Crippen LogP contribution in [0, 0.1) is 11.8 Å². The van der Waals surface area contributed by atoms with Gasteiger partial charge in [-0.25, -0.2) is 4.99 Å². The highest BCUT2D eigenvalue weighted by molar-refractivity contribution is 14.0. The van der Waals surface area contributed by atoms with Crippen molar-refractivity contribution in [3.05, 3.63) is 59.7 Å². The Hall–Kier alpha value is -1.80. The lowest BCUT2D eigenvalue weighted by Gasteiger charge is -2.35. The van der Waals surface area contributed by atoms with E-state index in [1.165, 1.54) is 30.6 Å². The standard InChI is InChI=1S/C23H32N4O.HI/c1-17-11-18(2)15-27(14-17)16-20-8-5-4-7-19(20)13-25-23(24)26-21-9-6-10-22(12-21)28-3;/h4-10,12,17-18H,11,13-16H2,1-3H3,(H3,24,25,26);1H. The molecule has 0 amide bonds. The van der Waals surface area contributed by atoms with Crippen molar-refractivity contribution in [3.63, 3.8) is 0 Å². The highest BCUT2D eigenvalue weighted by Gasteiger charge is 2.22. The van der Waals surface area contributed by atoms with Gasteiger partial charge in [0.25, 0.3) is 0 Å². The molecule has 0 radical (unpaired) electrons. The minimum atomic E-state index is 0. The molecule has 5 nitrogen and oxygen atoms in total. The fraction of sp³-hybridized carbons (Fsp3) is 0.435. The molecular weight excluding hydrogens is 475 g/mol. The number of nitrogens with zero attached hydrogens (tertiary/aromatic N) is 2. The van der Waals surface area contributed by atoms with Gasteiger partial charge < -0.3 is 15.8 Å². The predicted octanol–water partition coefficient (Wildman–Crippen LogP) is 4.72. The Bertz CT molecular complexity index is 801. The zero-order valence-corrected chi connectivity index (χ0v) is 19.9. The number of rotatable bonds is 6. The molecule has 158 valence electrons. The Morgan fingerprint density at radius 2 is 1.79 bits per heavy atom. The fourth-order valence-electron chi connectivity index (χ4n) is 4.09. The van der Waals surface area contributed by atoms with E-state index in [9.17, 15) is 0 Å². The lowest BCUT2D eigenvalue weighted by molar-refractivity contribution is 0.134. The Kier molecular flexibility index (Phi) is 9.23. The van der Waals surface area contributed by atoms with Crippen molar-refractivity contribution in [1.29, 1.82) is 0 Å². The summed E-state index contributed by atoms with van der Waals surface area (Å²) in [5.74, 6) is 2.71. The zero-order valence-electron chi connectivity index (χ0n) is 17.6. The molecular formula is C23H33IN4O. The van der Waals surface area contributed by atoms with Crippen molar-refractivity contribution in [2.75, 3.05) is 25.5 Å². The van der Waals surface area contributed by atoms with E-state index in [2.05, 4.69) is 53.3 Å². The van der Waals surface area contributed by atoms with Crippen molar-refractivity contribution in [2.24, 2.45) is 22.6 Å². The maximum atomic E-state index is 6.10. The van der Waals surface area contributed by atoms with Gasteiger partial charge >= 0.3 is 0 Å². The Morgan fingerprint density at radius 1 is 1.10 bits per heavy atom. The number of halogens is 1. The molecule has 3 rings (SSSR count). The lowest BCUT2D eigenvalue weighted by Crippen LogP contribution is -2.38. The Morgan fingerprint density at radius 3 is 2.48 bits per heavy atom. The largest absolute Gasteiger partial charge is 0.497 e. The second kappa shape index (κ2) is 11.4. The molecule has 0 spiro atoms. The number of anilines is 1. The van der Waals surface area contributed by atoms with Crippen LogP contribution in [0.2, 0.25) is 0 Å². The first-order chi connectivity index (χ1) is 13.5. The maximum absolute atomic E-state index is 6.10. The summed E-state index contributed by atoms with van der Waals surface area (Å²) in [5.41, 5.74) is 9.53. The lowest BCUT2D eigenvalue weighted by atomic mass is 9.91. The van der Waals surface area contributed by atoms with Crippen LogP contribution in [0.25, 0.3) is 0 Å². The molecule has 1 heterocycles. The number of hydrogen-bond acceptors (Lipinski definition) is 3. The van der Waals surface area contributed by atoms with Crippen LogP contribution in [0.15, 0.2) is 53.5 Å². The normalized spacial score (nSPS) is 20.0. The quantitative estimate of drug-likeness (QED) is 0.337. The molecule has 0 aliphatic carbocycles. The molecule has 29 heavy (non-hydrogen) atoms. The summed E-state index contributed by atoms with van der Waals surface area (Å²) in [6, 6.07) is 16.2. The smallest absolute Gasteiger partial charge is 0.193 e. The Labute approximate surface area is 191 Å². The Balaban J connectivity index is 0.00000300. The van der Waals surface area contributed by atoms with Crippen LogP contribution < -0.4 is 15.8 Å². The van der Waals surface area contributed by atoms with Gasteiger partial charge in [-0.3, -0.25) is 4.90 Å². The highest BCUT2D eigenvalue weighted by Crippen LogP contribution is 2.23. The van der Waals surface area contributed by atoms with Gasteiger partial charge in [-0.05, 0) is 41.5 Å². The van der Waals surface area contributed by atoms with Gasteiger partial charge in [0.15, 0.2) is 5.96 Å². The second-order valence-electron chi connectivity index (χ2n) is 7.97. The highest BCUT2D eigenvalue weighted by atomic mass is 127. The third-order valence-electron chi connectivity index (χ3n) is 5.22. The number of likely N-dealkylation sites (tertiary alicyclic amines) is 1. The third kappa shape index (κ3) is 7.19. The molecule has 1 aliphatic heterocycles. The van der Waals surface area contributed by atoms with E-state index in [-0.39, 0.29) is 24.0 Å². The maximum Gasteiger partial charge on any atom is 0.193 e. The molecule has 1 aliphatic rings. The summed E-state index contributed by atoms with van der Waals surface area (Å²) < 4.78 is 5.24. The van der Waals surface area contributed by atoms with Gasteiger partial charge in [0.2, 0.25) is 0 Å². The van der Waals surface area contributed by atoms with Crippen LogP contribution in [-0.2, 0) is 13.1 Å². The van der Waals surface area contributed by atoms with Gasteiger partial charge in [-0.15, -0.1) is 24.0 Å². The number of ether oxygens (including phenoxy) is 1. The average molecular weight is 508 g/mol. The number of guanidine groups is 1. The molecule has 6 heteroatoms. The van der Waals surface area contributed by atoms with Crippen LogP contribution in [0.3, 0.4) is 0 Å². The van der Waals surface area contributed by atoms with Crippen molar-refractivity contribution in [3.8, 4) is 5.75 Å². The number of piperidine rings is 1. The predicted molar refractivity (Wildman–Crippen MR) is 132 cm³/mol. The van der Waals surface area contributed by atoms with E-state index in [0.29, 0.717) is 12.5 Å². The number of nitrogens with two attached hydrogens (primary N) is 1. The SMILES string of the molecule is COc1cccc(NC(N)=NCc2ccccc2CN2CC(C)CC(C)C2)c1.I. The fourth-order valence-corrected chi connectivity index (χ4v) is 4.09. The summed E-state index contributed by atoms with van der Waals surface area (Å²) in [6.45, 7) is 8.58. The first-order valence-corrected chi connectivity index (χ1v) is 10.0. The van der Waals surface area contributed by atoms with Crippen LogP contribution in [-0.4, -0.2) is 31.1 Å². The number of benzene rings is 2. The van der Waals surface area contributed by atoms with Crippen molar-refractivity contribution < 1.29 is 4.74 Å². The number of hydrogen-bond donors (Lipinski definition) is 2. The van der Waals surface area contributed by atoms with Gasteiger partial charge in [-0.1, -0.05) is 44.2 Å². The first-order valence-electron chi connectivity index (χ1n) is 10.0. The van der Waals surface area contributed by atoms with Crippen molar-refractivity contribution in [2.45, 2.75) is 33.4 Å². The van der Waals surface area contributed by atoms with Crippen molar-refractivity contribution >= 4 is 35.6 Å². The van der Waals surface area contributed by atoms with E-state index >= 15 is 0 Å².